The van der Waals surface area contributed by atoms with Crippen molar-refractivity contribution in [2.24, 2.45) is 5.41 Å². The Kier molecular flexibility index (Phi) is 4.84. The molecule has 1 aliphatic rings. The summed E-state index contributed by atoms with van der Waals surface area (Å²) in [5.41, 5.74) is 1.57. The summed E-state index contributed by atoms with van der Waals surface area (Å²) in [6.45, 7) is 5.83. The van der Waals surface area contributed by atoms with Gasteiger partial charge in [-0.3, -0.25) is 14.9 Å². The topological polar surface area (TPSA) is 68.3 Å². The molecule has 5 nitrogen and oxygen atoms in total. The number of anilines is 1. The summed E-state index contributed by atoms with van der Waals surface area (Å²) < 4.78 is 5.47. The van der Waals surface area contributed by atoms with Crippen molar-refractivity contribution in [1.29, 1.82) is 0 Å². The first kappa shape index (κ1) is 17.9. The molecule has 0 unspecified atom stereocenters. The van der Waals surface area contributed by atoms with Crippen LogP contribution in [0.1, 0.15) is 41.2 Å². The van der Waals surface area contributed by atoms with E-state index in [1.165, 1.54) is 11.3 Å². The van der Waals surface area contributed by atoms with Gasteiger partial charge in [-0.15, -0.1) is 0 Å². The molecule has 0 aliphatic heterocycles. The fourth-order valence-corrected chi connectivity index (χ4v) is 3.84. The number of rotatable bonds is 4. The summed E-state index contributed by atoms with van der Waals surface area (Å²) in [4.78, 5) is 29.3. The van der Waals surface area contributed by atoms with E-state index < -0.39 is 0 Å². The van der Waals surface area contributed by atoms with Gasteiger partial charge in [0, 0.05) is 11.4 Å². The number of ether oxygens (including phenoxy) is 1. The smallest absolute Gasteiger partial charge is 0.264 e. The lowest BCUT2D eigenvalue weighted by molar-refractivity contribution is -0.118. The van der Waals surface area contributed by atoms with Crippen LogP contribution in [-0.4, -0.2) is 23.3 Å². The Morgan fingerprint density at radius 1 is 1.40 bits per heavy atom. The minimum Gasteiger partial charge on any atom is -0.484 e. The summed E-state index contributed by atoms with van der Waals surface area (Å²) in [6.07, 6.45) is 1.25. The van der Waals surface area contributed by atoms with Gasteiger partial charge in [0.25, 0.3) is 5.91 Å². The van der Waals surface area contributed by atoms with Crippen LogP contribution in [0.15, 0.2) is 18.2 Å². The van der Waals surface area contributed by atoms with E-state index >= 15 is 0 Å². The van der Waals surface area contributed by atoms with Gasteiger partial charge in [0.1, 0.15) is 5.75 Å². The van der Waals surface area contributed by atoms with Crippen molar-refractivity contribution < 1.29 is 14.3 Å². The van der Waals surface area contributed by atoms with Crippen LogP contribution in [0.3, 0.4) is 0 Å². The normalized spacial score (nSPS) is 15.6. The maximum absolute atomic E-state index is 12.2. The lowest BCUT2D eigenvalue weighted by atomic mass is 9.78. The van der Waals surface area contributed by atoms with E-state index in [9.17, 15) is 9.59 Å². The number of carbonyl (C=O) groups excluding carboxylic acids is 2. The molecule has 0 spiro atoms. The van der Waals surface area contributed by atoms with E-state index in [1.54, 1.807) is 18.2 Å². The van der Waals surface area contributed by atoms with Crippen LogP contribution >= 0.6 is 22.9 Å². The molecule has 0 radical (unpaired) electrons. The van der Waals surface area contributed by atoms with Gasteiger partial charge in [-0.25, -0.2) is 4.98 Å². The molecule has 0 atom stereocenters. The van der Waals surface area contributed by atoms with E-state index in [-0.39, 0.29) is 23.7 Å². The van der Waals surface area contributed by atoms with E-state index in [2.05, 4.69) is 10.3 Å². The first-order valence-corrected chi connectivity index (χ1v) is 9.15. The lowest BCUT2D eigenvalue weighted by Gasteiger charge is -2.26. The number of fused-ring (bicyclic) bond motifs is 1. The molecule has 3 rings (SSSR count). The Bertz CT molecular complexity index is 845. The Morgan fingerprint density at radius 2 is 2.16 bits per heavy atom. The number of nitrogens with one attached hydrogen (secondary N) is 1. The van der Waals surface area contributed by atoms with Gasteiger partial charge in [0.05, 0.1) is 10.6 Å². The SMILES string of the molecule is Cc1cc(OCC(=O)Nc2nc3c(s2)C(=O)CC(C)(C)C3)ccc1Cl. The Hall–Kier alpha value is -1.92. The molecule has 25 heavy (non-hydrogen) atoms. The van der Waals surface area contributed by atoms with Crippen molar-refractivity contribution >= 4 is 39.8 Å². The number of halogens is 1. The van der Waals surface area contributed by atoms with E-state index in [1.807, 2.05) is 20.8 Å². The number of nitrogens with zero attached hydrogens (tertiary/aromatic N) is 1. The molecule has 1 heterocycles. The Labute approximate surface area is 155 Å². The molecule has 132 valence electrons. The maximum atomic E-state index is 12.2. The van der Waals surface area contributed by atoms with Crippen LogP contribution in [0, 0.1) is 12.3 Å². The third-order valence-electron chi connectivity index (χ3n) is 3.98. The first-order chi connectivity index (χ1) is 11.7. The molecule has 1 aliphatic carbocycles. The number of benzene rings is 1. The molecule has 0 fully saturated rings. The molecular weight excluding hydrogens is 360 g/mol. The van der Waals surface area contributed by atoms with Crippen LogP contribution < -0.4 is 10.1 Å². The molecule has 1 amide bonds. The zero-order chi connectivity index (χ0) is 18.2. The highest BCUT2D eigenvalue weighted by molar-refractivity contribution is 7.17. The minimum absolute atomic E-state index is 0.0883. The largest absolute Gasteiger partial charge is 0.484 e. The highest BCUT2D eigenvalue weighted by Crippen LogP contribution is 2.38. The molecule has 1 aromatic carbocycles. The number of hydrogen-bond acceptors (Lipinski definition) is 5. The second-order valence-corrected chi connectivity index (χ2v) is 8.39. The van der Waals surface area contributed by atoms with Crippen molar-refractivity contribution in [3.8, 4) is 5.75 Å². The zero-order valence-corrected chi connectivity index (χ0v) is 15.9. The van der Waals surface area contributed by atoms with E-state index in [0.29, 0.717) is 27.2 Å². The molecule has 1 aromatic heterocycles. The summed E-state index contributed by atoms with van der Waals surface area (Å²) in [5.74, 6) is 0.356. The van der Waals surface area contributed by atoms with E-state index in [0.717, 1.165) is 17.7 Å². The van der Waals surface area contributed by atoms with Crippen LogP contribution in [0.2, 0.25) is 5.02 Å². The van der Waals surface area contributed by atoms with Crippen LogP contribution in [0.5, 0.6) is 5.75 Å². The van der Waals surface area contributed by atoms with Crippen LogP contribution in [-0.2, 0) is 11.2 Å². The highest BCUT2D eigenvalue weighted by atomic mass is 35.5. The predicted octanol–water partition coefficient (Wildman–Crippen LogP) is 4.28. The predicted molar refractivity (Wildman–Crippen MR) is 98.9 cm³/mol. The van der Waals surface area contributed by atoms with Gasteiger partial charge in [-0.2, -0.15) is 0 Å². The van der Waals surface area contributed by atoms with Crippen LogP contribution in [0.25, 0.3) is 0 Å². The number of aromatic nitrogens is 1. The summed E-state index contributed by atoms with van der Waals surface area (Å²) in [5, 5.41) is 3.80. The number of hydrogen-bond donors (Lipinski definition) is 1. The van der Waals surface area contributed by atoms with Gasteiger partial charge >= 0.3 is 0 Å². The number of aryl methyl sites for hydroxylation is 1. The number of carbonyl (C=O) groups is 2. The molecule has 1 N–H and O–H groups in total. The van der Waals surface area contributed by atoms with Gasteiger partial charge in [0.15, 0.2) is 17.5 Å². The van der Waals surface area contributed by atoms with E-state index in [4.69, 9.17) is 16.3 Å². The second-order valence-electron chi connectivity index (χ2n) is 6.98. The van der Waals surface area contributed by atoms with Crippen molar-refractivity contribution in [1.82, 2.24) is 4.98 Å². The molecule has 0 saturated heterocycles. The summed E-state index contributed by atoms with van der Waals surface area (Å²) >= 11 is 7.20. The number of ketones is 1. The van der Waals surface area contributed by atoms with Gasteiger partial charge in [0.2, 0.25) is 0 Å². The Morgan fingerprint density at radius 3 is 2.88 bits per heavy atom. The fourth-order valence-electron chi connectivity index (χ4n) is 2.78. The van der Waals surface area contributed by atoms with Gasteiger partial charge < -0.3 is 4.74 Å². The standard InChI is InChI=1S/C18H19ClN2O3S/c1-10-6-11(4-5-12(10)19)24-9-15(23)21-17-20-13-7-18(2,3)8-14(22)16(13)25-17/h4-6H,7-9H2,1-3H3,(H,20,21,23). The van der Waals surface area contributed by atoms with Crippen molar-refractivity contribution in [3.63, 3.8) is 0 Å². The monoisotopic (exact) mass is 378 g/mol. The van der Waals surface area contributed by atoms with Gasteiger partial charge in [-0.05, 0) is 42.5 Å². The third-order valence-corrected chi connectivity index (χ3v) is 5.46. The molecule has 2 aromatic rings. The number of Topliss-reactive ketones (excluding diaryl/α,β-unsaturated/α-hetero) is 1. The van der Waals surface area contributed by atoms with Crippen LogP contribution in [0.4, 0.5) is 5.13 Å². The maximum Gasteiger partial charge on any atom is 0.264 e. The van der Waals surface area contributed by atoms with Crippen molar-refractivity contribution in [2.75, 3.05) is 11.9 Å². The highest BCUT2D eigenvalue weighted by Gasteiger charge is 2.34. The lowest BCUT2D eigenvalue weighted by Crippen LogP contribution is -2.26. The number of amides is 1. The molecule has 7 heteroatoms. The Balaban J connectivity index is 1.62. The average Bonchev–Trinajstić information content (AvgIpc) is 2.89. The first-order valence-electron chi connectivity index (χ1n) is 7.95. The summed E-state index contributed by atoms with van der Waals surface area (Å²) in [7, 11) is 0. The average molecular weight is 379 g/mol. The fraction of sp³-hybridized carbons (Fsp3) is 0.389. The third kappa shape index (κ3) is 4.19. The number of thiazole rings is 1. The van der Waals surface area contributed by atoms with Crippen molar-refractivity contribution in [3.05, 3.63) is 39.4 Å². The zero-order valence-electron chi connectivity index (χ0n) is 14.3. The van der Waals surface area contributed by atoms with Crippen molar-refractivity contribution in [2.45, 2.75) is 33.6 Å². The van der Waals surface area contributed by atoms with Gasteiger partial charge in [-0.1, -0.05) is 36.8 Å². The minimum atomic E-state index is -0.314. The molecular formula is C18H19ClN2O3S. The quantitative estimate of drug-likeness (QED) is 0.862. The molecule has 0 saturated carbocycles. The molecule has 0 bridgehead atoms. The second kappa shape index (κ2) is 6.77. The summed E-state index contributed by atoms with van der Waals surface area (Å²) in [6, 6.07) is 5.22.